The lowest BCUT2D eigenvalue weighted by molar-refractivity contribution is 0.470. The topological polar surface area (TPSA) is 47.0 Å². The molecule has 6 heteroatoms. The lowest BCUT2D eigenvalue weighted by atomic mass is 10.3. The molecule has 1 heterocycles. The van der Waals surface area contributed by atoms with E-state index >= 15 is 0 Å². The Labute approximate surface area is 119 Å². The zero-order valence-electron chi connectivity index (χ0n) is 10.2. The van der Waals surface area contributed by atoms with E-state index < -0.39 is 0 Å². The third kappa shape index (κ3) is 3.76. The summed E-state index contributed by atoms with van der Waals surface area (Å²) < 4.78 is 6.57. The van der Waals surface area contributed by atoms with Crippen molar-refractivity contribution < 1.29 is 4.74 Å². The number of ether oxygens (including phenoxy) is 1. The number of hydrogen-bond donors (Lipinski definition) is 1. The smallest absolute Gasteiger partial charge is 0.299 e. The molecule has 1 N–H and O–H groups in total. The molecule has 0 fully saturated rings. The molecule has 4 nitrogen and oxygen atoms in total. The van der Waals surface area contributed by atoms with E-state index in [2.05, 4.69) is 45.3 Å². The first-order valence-electron chi connectivity index (χ1n) is 5.63. The quantitative estimate of drug-likeness (QED) is 0.911. The fraction of sp³-hybridized carbons (Fsp3) is 0.333. The van der Waals surface area contributed by atoms with Crippen molar-refractivity contribution in [2.75, 3.05) is 0 Å². The fourth-order valence-corrected chi connectivity index (χ4v) is 2.28. The van der Waals surface area contributed by atoms with Crippen LogP contribution in [-0.4, -0.2) is 16.2 Å². The molecule has 0 bridgehead atoms. The Bertz CT molecular complexity index is 516. The Morgan fingerprint density at radius 2 is 2.11 bits per heavy atom. The van der Waals surface area contributed by atoms with Crippen LogP contribution in [-0.2, 0) is 6.54 Å². The van der Waals surface area contributed by atoms with Crippen LogP contribution in [0.15, 0.2) is 28.7 Å². The zero-order chi connectivity index (χ0) is 13.0. The molecule has 18 heavy (non-hydrogen) atoms. The summed E-state index contributed by atoms with van der Waals surface area (Å²) in [5, 5.41) is 12.9. The maximum absolute atomic E-state index is 5.67. The van der Waals surface area contributed by atoms with Gasteiger partial charge in [0.15, 0.2) is 0 Å². The second-order valence-corrected chi connectivity index (χ2v) is 5.91. The van der Waals surface area contributed by atoms with Crippen molar-refractivity contribution in [2.24, 2.45) is 0 Å². The largest absolute Gasteiger partial charge is 0.429 e. The first-order chi connectivity index (χ1) is 8.65. The van der Waals surface area contributed by atoms with Crippen molar-refractivity contribution in [3.05, 3.63) is 33.7 Å². The Kier molecular flexibility index (Phi) is 4.68. The number of rotatable bonds is 5. The Balaban J connectivity index is 2.00. The minimum atomic E-state index is 0.432. The molecule has 0 saturated heterocycles. The van der Waals surface area contributed by atoms with Gasteiger partial charge >= 0.3 is 0 Å². The zero-order valence-corrected chi connectivity index (χ0v) is 12.6. The Hall–Kier alpha value is -0.980. The highest BCUT2D eigenvalue weighted by Gasteiger charge is 2.08. The van der Waals surface area contributed by atoms with E-state index in [4.69, 9.17) is 4.74 Å². The predicted octanol–water partition coefficient (Wildman–Crippen LogP) is 3.59. The first-order valence-corrected chi connectivity index (χ1v) is 7.24. The number of halogens is 1. The van der Waals surface area contributed by atoms with Gasteiger partial charge in [-0.3, -0.25) is 0 Å². The van der Waals surface area contributed by atoms with Gasteiger partial charge in [0, 0.05) is 6.04 Å². The molecule has 0 unspecified atom stereocenters. The summed E-state index contributed by atoms with van der Waals surface area (Å²) in [5.41, 5.74) is 0. The van der Waals surface area contributed by atoms with Gasteiger partial charge in [0.2, 0.25) is 0 Å². The van der Waals surface area contributed by atoms with Crippen LogP contribution in [0.3, 0.4) is 0 Å². The summed E-state index contributed by atoms with van der Waals surface area (Å²) in [4.78, 5) is 0. The van der Waals surface area contributed by atoms with Crippen LogP contribution < -0.4 is 10.1 Å². The third-order valence-corrected chi connectivity index (χ3v) is 3.60. The van der Waals surface area contributed by atoms with Crippen LogP contribution in [0.5, 0.6) is 10.9 Å². The summed E-state index contributed by atoms with van der Waals surface area (Å²) in [7, 11) is 0. The maximum atomic E-state index is 5.67. The highest BCUT2D eigenvalue weighted by Crippen LogP contribution is 2.30. The lowest BCUT2D eigenvalue weighted by Crippen LogP contribution is -2.21. The molecule has 0 aliphatic carbocycles. The monoisotopic (exact) mass is 327 g/mol. The van der Waals surface area contributed by atoms with Crippen LogP contribution in [0.25, 0.3) is 0 Å². The molecule has 0 radical (unpaired) electrons. The molecular formula is C12H14BrN3OS. The molecule has 1 aromatic carbocycles. The molecule has 0 atom stereocenters. The van der Waals surface area contributed by atoms with Gasteiger partial charge in [0.1, 0.15) is 10.8 Å². The lowest BCUT2D eigenvalue weighted by Gasteiger charge is -2.04. The Morgan fingerprint density at radius 1 is 1.33 bits per heavy atom. The molecule has 0 spiro atoms. The Morgan fingerprint density at radius 3 is 2.83 bits per heavy atom. The number of hydrogen-bond acceptors (Lipinski definition) is 5. The minimum Gasteiger partial charge on any atom is -0.429 e. The van der Waals surface area contributed by atoms with Crippen LogP contribution in [0.2, 0.25) is 0 Å². The van der Waals surface area contributed by atoms with E-state index in [1.54, 1.807) is 0 Å². The maximum Gasteiger partial charge on any atom is 0.299 e. The van der Waals surface area contributed by atoms with Crippen molar-refractivity contribution >= 4 is 27.3 Å². The molecule has 0 amide bonds. The SMILES string of the molecule is CC(C)NCc1nnc(Oc2ccccc2Br)s1. The van der Waals surface area contributed by atoms with Crippen molar-refractivity contribution in [2.45, 2.75) is 26.4 Å². The van der Waals surface area contributed by atoms with Crippen LogP contribution in [0.1, 0.15) is 18.9 Å². The van der Waals surface area contributed by atoms with Crippen LogP contribution in [0.4, 0.5) is 0 Å². The van der Waals surface area contributed by atoms with Crippen molar-refractivity contribution in [1.29, 1.82) is 0 Å². The summed E-state index contributed by atoms with van der Waals surface area (Å²) in [6, 6.07) is 8.11. The fourth-order valence-electron chi connectivity index (χ4n) is 1.26. The second kappa shape index (κ2) is 6.26. The average molecular weight is 328 g/mol. The highest BCUT2D eigenvalue weighted by molar-refractivity contribution is 9.10. The molecule has 2 rings (SSSR count). The first kappa shape index (κ1) is 13.5. The van der Waals surface area contributed by atoms with E-state index in [1.165, 1.54) is 11.3 Å². The predicted molar refractivity (Wildman–Crippen MR) is 76.1 cm³/mol. The normalized spacial score (nSPS) is 10.9. The molecule has 0 aliphatic heterocycles. The summed E-state index contributed by atoms with van der Waals surface area (Å²) in [6.45, 7) is 4.91. The summed E-state index contributed by atoms with van der Waals surface area (Å²) >= 11 is 4.88. The second-order valence-electron chi connectivity index (χ2n) is 4.03. The van der Waals surface area contributed by atoms with E-state index in [0.717, 1.165) is 15.2 Å². The standard InChI is InChI=1S/C12H14BrN3OS/c1-8(2)14-7-11-15-16-12(18-11)17-10-6-4-3-5-9(10)13/h3-6,8,14H,7H2,1-2H3. The number of para-hydroxylation sites is 1. The van der Waals surface area contributed by atoms with E-state index in [1.807, 2.05) is 24.3 Å². The van der Waals surface area contributed by atoms with Gasteiger partial charge in [0.25, 0.3) is 5.19 Å². The van der Waals surface area contributed by atoms with Gasteiger partial charge in [-0.05, 0) is 28.1 Å². The van der Waals surface area contributed by atoms with Crippen molar-refractivity contribution in [1.82, 2.24) is 15.5 Å². The molecule has 96 valence electrons. The summed E-state index contributed by atoms with van der Waals surface area (Å²) in [5.74, 6) is 0.747. The number of nitrogens with one attached hydrogen (secondary N) is 1. The van der Waals surface area contributed by atoms with E-state index in [-0.39, 0.29) is 0 Å². The van der Waals surface area contributed by atoms with Gasteiger partial charge in [-0.25, -0.2) is 0 Å². The number of nitrogens with zero attached hydrogens (tertiary/aromatic N) is 2. The molecule has 1 aromatic heterocycles. The number of benzene rings is 1. The van der Waals surface area contributed by atoms with E-state index in [9.17, 15) is 0 Å². The molecule has 0 saturated carbocycles. The van der Waals surface area contributed by atoms with Gasteiger partial charge < -0.3 is 10.1 Å². The van der Waals surface area contributed by atoms with Gasteiger partial charge in [-0.15, -0.1) is 5.10 Å². The average Bonchev–Trinajstić information content (AvgIpc) is 2.77. The van der Waals surface area contributed by atoms with Gasteiger partial charge in [0.05, 0.1) is 11.0 Å². The highest BCUT2D eigenvalue weighted by atomic mass is 79.9. The number of aromatic nitrogens is 2. The summed E-state index contributed by atoms with van der Waals surface area (Å²) in [6.07, 6.45) is 0. The molecular weight excluding hydrogens is 314 g/mol. The van der Waals surface area contributed by atoms with Crippen molar-refractivity contribution in [3.8, 4) is 10.9 Å². The molecule has 0 aliphatic rings. The van der Waals surface area contributed by atoms with Crippen LogP contribution >= 0.6 is 27.3 Å². The minimum absolute atomic E-state index is 0.432. The van der Waals surface area contributed by atoms with Gasteiger partial charge in [-0.2, -0.15) is 0 Å². The third-order valence-electron chi connectivity index (χ3n) is 2.14. The van der Waals surface area contributed by atoms with Crippen LogP contribution in [0, 0.1) is 0 Å². The van der Waals surface area contributed by atoms with Crippen molar-refractivity contribution in [3.63, 3.8) is 0 Å². The molecule has 2 aromatic rings. The van der Waals surface area contributed by atoms with Gasteiger partial charge in [-0.1, -0.05) is 42.4 Å². The van der Waals surface area contributed by atoms with E-state index in [0.29, 0.717) is 17.8 Å².